The lowest BCUT2D eigenvalue weighted by Crippen LogP contribution is -2.00. The SMILES string of the molecule is CCCc1nc(Cl)cc(Nc2ccc(F)c(Br)c2)n1. The molecule has 0 fully saturated rings. The molecule has 0 aliphatic heterocycles. The van der Waals surface area contributed by atoms with Crippen LogP contribution in [0.2, 0.25) is 5.15 Å². The van der Waals surface area contributed by atoms with Crippen LogP contribution in [0.5, 0.6) is 0 Å². The number of rotatable bonds is 4. The first-order valence-corrected chi connectivity index (χ1v) is 7.01. The second-order valence-corrected chi connectivity index (χ2v) is 5.24. The van der Waals surface area contributed by atoms with Crippen LogP contribution in [-0.2, 0) is 6.42 Å². The highest BCUT2D eigenvalue weighted by Gasteiger charge is 2.05. The van der Waals surface area contributed by atoms with Gasteiger partial charge in [-0.15, -0.1) is 0 Å². The summed E-state index contributed by atoms with van der Waals surface area (Å²) in [5.74, 6) is 0.985. The molecule has 0 aliphatic rings. The second-order valence-electron chi connectivity index (χ2n) is 4.00. The number of hydrogen-bond donors (Lipinski definition) is 1. The Bertz CT molecular complexity index is 592. The Morgan fingerprint density at radius 1 is 1.32 bits per heavy atom. The summed E-state index contributed by atoms with van der Waals surface area (Å²) >= 11 is 9.09. The van der Waals surface area contributed by atoms with Crippen molar-refractivity contribution in [3.8, 4) is 0 Å². The van der Waals surface area contributed by atoms with Crippen molar-refractivity contribution in [1.82, 2.24) is 9.97 Å². The normalized spacial score (nSPS) is 10.5. The van der Waals surface area contributed by atoms with Crippen molar-refractivity contribution in [2.75, 3.05) is 5.32 Å². The molecule has 0 amide bonds. The van der Waals surface area contributed by atoms with Gasteiger partial charge in [0.25, 0.3) is 0 Å². The lowest BCUT2D eigenvalue weighted by atomic mass is 10.3. The van der Waals surface area contributed by atoms with Crippen LogP contribution < -0.4 is 5.32 Å². The minimum Gasteiger partial charge on any atom is -0.340 e. The number of nitrogens with zero attached hydrogens (tertiary/aromatic N) is 2. The second kappa shape index (κ2) is 6.30. The molecular weight excluding hydrogens is 333 g/mol. The predicted molar refractivity (Wildman–Crippen MR) is 78.4 cm³/mol. The number of aryl methyl sites for hydroxylation is 1. The summed E-state index contributed by atoms with van der Waals surface area (Å²) in [6.07, 6.45) is 1.71. The first-order valence-electron chi connectivity index (χ1n) is 5.84. The molecule has 1 aromatic heterocycles. The van der Waals surface area contributed by atoms with E-state index >= 15 is 0 Å². The molecule has 0 spiro atoms. The van der Waals surface area contributed by atoms with Gasteiger partial charge in [-0.05, 0) is 40.5 Å². The van der Waals surface area contributed by atoms with Crippen molar-refractivity contribution in [2.24, 2.45) is 0 Å². The monoisotopic (exact) mass is 343 g/mol. The third kappa shape index (κ3) is 3.88. The number of anilines is 2. The van der Waals surface area contributed by atoms with Gasteiger partial charge in [-0.2, -0.15) is 0 Å². The number of nitrogens with one attached hydrogen (secondary N) is 1. The molecule has 1 aromatic carbocycles. The van der Waals surface area contributed by atoms with Gasteiger partial charge in [-0.25, -0.2) is 14.4 Å². The molecular formula is C13H12BrClFN3. The third-order valence-electron chi connectivity index (χ3n) is 2.41. The van der Waals surface area contributed by atoms with Crippen molar-refractivity contribution in [1.29, 1.82) is 0 Å². The van der Waals surface area contributed by atoms with Crippen molar-refractivity contribution >= 4 is 39.0 Å². The Balaban J connectivity index is 2.24. The highest BCUT2D eigenvalue weighted by atomic mass is 79.9. The Morgan fingerprint density at radius 3 is 2.79 bits per heavy atom. The highest BCUT2D eigenvalue weighted by Crippen LogP contribution is 2.23. The maximum atomic E-state index is 13.1. The lowest BCUT2D eigenvalue weighted by molar-refractivity contribution is 0.621. The molecule has 0 saturated carbocycles. The first kappa shape index (κ1) is 14.2. The fraction of sp³-hybridized carbons (Fsp3) is 0.231. The Labute approximate surface area is 124 Å². The molecule has 1 heterocycles. The minimum absolute atomic E-state index is 0.307. The van der Waals surface area contributed by atoms with Crippen LogP contribution in [0.1, 0.15) is 19.2 Å². The highest BCUT2D eigenvalue weighted by molar-refractivity contribution is 9.10. The summed E-state index contributed by atoms with van der Waals surface area (Å²) in [5.41, 5.74) is 0.727. The van der Waals surface area contributed by atoms with Crippen molar-refractivity contribution in [3.05, 3.63) is 45.5 Å². The standard InChI is InChI=1S/C13H12BrClFN3/c1-2-3-12-18-11(15)7-13(19-12)17-8-4-5-10(16)9(14)6-8/h4-7H,2-3H2,1H3,(H,17,18,19). The van der Waals surface area contributed by atoms with E-state index in [4.69, 9.17) is 11.6 Å². The predicted octanol–water partition coefficient (Wildman–Crippen LogP) is 4.73. The fourth-order valence-electron chi connectivity index (χ4n) is 1.59. The molecule has 3 nitrogen and oxygen atoms in total. The molecule has 0 saturated heterocycles. The van der Waals surface area contributed by atoms with E-state index in [0.717, 1.165) is 18.5 Å². The van der Waals surface area contributed by atoms with Gasteiger partial charge < -0.3 is 5.32 Å². The molecule has 2 rings (SSSR count). The molecule has 2 aromatic rings. The molecule has 0 atom stereocenters. The molecule has 0 aliphatic carbocycles. The van der Waals surface area contributed by atoms with Gasteiger partial charge in [-0.1, -0.05) is 18.5 Å². The van der Waals surface area contributed by atoms with Crippen molar-refractivity contribution in [3.63, 3.8) is 0 Å². The summed E-state index contributed by atoms with van der Waals surface area (Å²) < 4.78 is 13.5. The van der Waals surface area contributed by atoms with Gasteiger partial charge in [0.15, 0.2) is 0 Å². The maximum Gasteiger partial charge on any atom is 0.137 e. The van der Waals surface area contributed by atoms with Crippen LogP contribution in [0.3, 0.4) is 0 Å². The quantitative estimate of drug-likeness (QED) is 0.815. The van der Waals surface area contributed by atoms with E-state index in [-0.39, 0.29) is 5.82 Å². The van der Waals surface area contributed by atoms with E-state index in [2.05, 4.69) is 38.1 Å². The zero-order valence-electron chi connectivity index (χ0n) is 10.3. The summed E-state index contributed by atoms with van der Waals surface area (Å²) in [5, 5.41) is 3.47. The average molecular weight is 345 g/mol. The van der Waals surface area contributed by atoms with Crippen LogP contribution in [0.15, 0.2) is 28.7 Å². The van der Waals surface area contributed by atoms with E-state index in [0.29, 0.717) is 21.3 Å². The molecule has 6 heteroatoms. The lowest BCUT2D eigenvalue weighted by Gasteiger charge is -2.08. The Morgan fingerprint density at radius 2 is 2.11 bits per heavy atom. The number of aromatic nitrogens is 2. The molecule has 100 valence electrons. The molecule has 0 unspecified atom stereocenters. The topological polar surface area (TPSA) is 37.8 Å². The number of hydrogen-bond acceptors (Lipinski definition) is 3. The smallest absolute Gasteiger partial charge is 0.137 e. The van der Waals surface area contributed by atoms with E-state index in [1.807, 2.05) is 0 Å². The van der Waals surface area contributed by atoms with Crippen LogP contribution >= 0.6 is 27.5 Å². The zero-order chi connectivity index (χ0) is 13.8. The number of halogens is 3. The van der Waals surface area contributed by atoms with Crippen LogP contribution in [0.25, 0.3) is 0 Å². The maximum absolute atomic E-state index is 13.1. The van der Waals surface area contributed by atoms with E-state index in [9.17, 15) is 4.39 Å². The molecule has 0 bridgehead atoms. The third-order valence-corrected chi connectivity index (χ3v) is 3.21. The molecule has 0 radical (unpaired) electrons. The van der Waals surface area contributed by atoms with Crippen LogP contribution in [0.4, 0.5) is 15.9 Å². The van der Waals surface area contributed by atoms with Gasteiger partial charge >= 0.3 is 0 Å². The van der Waals surface area contributed by atoms with Gasteiger partial charge in [0.2, 0.25) is 0 Å². The van der Waals surface area contributed by atoms with Crippen LogP contribution in [-0.4, -0.2) is 9.97 Å². The first-order chi connectivity index (χ1) is 9.08. The van der Waals surface area contributed by atoms with Crippen LogP contribution in [0, 0.1) is 5.82 Å². The Hall–Kier alpha value is -1.20. The van der Waals surface area contributed by atoms with Gasteiger partial charge in [-0.3, -0.25) is 0 Å². The van der Waals surface area contributed by atoms with E-state index in [1.165, 1.54) is 6.07 Å². The van der Waals surface area contributed by atoms with Crippen molar-refractivity contribution in [2.45, 2.75) is 19.8 Å². The largest absolute Gasteiger partial charge is 0.340 e. The van der Waals surface area contributed by atoms with E-state index < -0.39 is 0 Å². The minimum atomic E-state index is -0.307. The van der Waals surface area contributed by atoms with Gasteiger partial charge in [0.1, 0.15) is 22.6 Å². The summed E-state index contributed by atoms with van der Waals surface area (Å²) in [6.45, 7) is 2.05. The van der Waals surface area contributed by atoms with E-state index in [1.54, 1.807) is 18.2 Å². The van der Waals surface area contributed by atoms with Crippen molar-refractivity contribution < 1.29 is 4.39 Å². The number of benzene rings is 1. The fourth-order valence-corrected chi connectivity index (χ4v) is 2.17. The summed E-state index contributed by atoms with van der Waals surface area (Å²) in [4.78, 5) is 8.50. The molecule has 19 heavy (non-hydrogen) atoms. The summed E-state index contributed by atoms with van der Waals surface area (Å²) in [7, 11) is 0. The summed E-state index contributed by atoms with van der Waals surface area (Å²) in [6, 6.07) is 6.29. The molecule has 1 N–H and O–H groups in total. The Kier molecular flexibility index (Phi) is 4.71. The zero-order valence-corrected chi connectivity index (χ0v) is 12.6. The van der Waals surface area contributed by atoms with Gasteiger partial charge in [0.05, 0.1) is 4.47 Å². The average Bonchev–Trinajstić information content (AvgIpc) is 2.33. The van der Waals surface area contributed by atoms with Gasteiger partial charge in [0, 0.05) is 18.2 Å².